The molecule has 1 aliphatic rings. The van der Waals surface area contributed by atoms with Gasteiger partial charge in [-0.1, -0.05) is 30.3 Å². The van der Waals surface area contributed by atoms with E-state index in [0.717, 1.165) is 5.56 Å². The minimum Gasteiger partial charge on any atom is -0.350 e. The lowest BCUT2D eigenvalue weighted by molar-refractivity contribution is -0.136. The van der Waals surface area contributed by atoms with E-state index in [4.69, 9.17) is 0 Å². The highest BCUT2D eigenvalue weighted by Gasteiger charge is 2.36. The number of hydrogen-bond acceptors (Lipinski definition) is 2. The van der Waals surface area contributed by atoms with Crippen LogP contribution in [0.1, 0.15) is 39.2 Å². The molecule has 1 atom stereocenters. The minimum atomic E-state index is -0.345. The number of likely N-dealkylation sites (tertiary alicyclic amines) is 1. The van der Waals surface area contributed by atoms with E-state index in [1.165, 1.54) is 0 Å². The van der Waals surface area contributed by atoms with Crippen molar-refractivity contribution in [2.75, 3.05) is 0 Å². The first-order valence-corrected chi connectivity index (χ1v) is 7.02. The number of nitrogens with zero attached hydrogens (tertiary/aromatic N) is 1. The number of benzene rings is 1. The molecule has 20 heavy (non-hydrogen) atoms. The Hall–Kier alpha value is -1.84. The van der Waals surface area contributed by atoms with Crippen LogP contribution in [0.25, 0.3) is 0 Å². The van der Waals surface area contributed by atoms with Crippen LogP contribution in [0.4, 0.5) is 0 Å². The molecule has 0 aliphatic carbocycles. The number of nitrogens with one attached hydrogen (secondary N) is 1. The molecular weight excluding hydrogens is 252 g/mol. The molecule has 0 radical (unpaired) electrons. The first-order chi connectivity index (χ1) is 9.37. The zero-order chi connectivity index (χ0) is 14.8. The Morgan fingerprint density at radius 2 is 1.95 bits per heavy atom. The summed E-state index contributed by atoms with van der Waals surface area (Å²) in [5, 5.41) is 2.96. The summed E-state index contributed by atoms with van der Waals surface area (Å²) in [5.41, 5.74) is 0.775. The molecule has 0 spiro atoms. The highest BCUT2D eigenvalue weighted by Crippen LogP contribution is 2.22. The molecule has 1 fully saturated rings. The van der Waals surface area contributed by atoms with E-state index in [1.807, 2.05) is 51.1 Å². The van der Waals surface area contributed by atoms with Crippen LogP contribution < -0.4 is 5.32 Å². The van der Waals surface area contributed by atoms with Gasteiger partial charge in [0.05, 0.1) is 0 Å². The average Bonchev–Trinajstić information content (AvgIpc) is 2.70. The quantitative estimate of drug-likeness (QED) is 0.917. The monoisotopic (exact) mass is 274 g/mol. The SMILES string of the molecule is CC(C)(C)NC(=O)C1CCC(=O)N1Cc1ccccc1. The van der Waals surface area contributed by atoms with Crippen LogP contribution in [0, 0.1) is 0 Å². The smallest absolute Gasteiger partial charge is 0.243 e. The van der Waals surface area contributed by atoms with E-state index >= 15 is 0 Å². The second-order valence-electron chi connectivity index (χ2n) is 6.30. The van der Waals surface area contributed by atoms with Crippen LogP contribution in [0.2, 0.25) is 0 Å². The van der Waals surface area contributed by atoms with Gasteiger partial charge in [-0.05, 0) is 32.8 Å². The van der Waals surface area contributed by atoms with Crippen LogP contribution in [0.5, 0.6) is 0 Å². The zero-order valence-electron chi connectivity index (χ0n) is 12.3. The third kappa shape index (κ3) is 3.59. The molecule has 0 saturated carbocycles. The van der Waals surface area contributed by atoms with E-state index in [9.17, 15) is 9.59 Å². The van der Waals surface area contributed by atoms with Crippen LogP contribution in [-0.2, 0) is 16.1 Å². The first-order valence-electron chi connectivity index (χ1n) is 7.02. The highest BCUT2D eigenvalue weighted by atomic mass is 16.2. The Bertz CT molecular complexity index is 491. The summed E-state index contributed by atoms with van der Waals surface area (Å²) in [4.78, 5) is 26.0. The second kappa shape index (κ2) is 5.65. The minimum absolute atomic E-state index is 0.0562. The van der Waals surface area contributed by atoms with Gasteiger partial charge in [-0.25, -0.2) is 0 Å². The maximum Gasteiger partial charge on any atom is 0.243 e. The predicted octanol–water partition coefficient (Wildman–Crippen LogP) is 2.09. The lowest BCUT2D eigenvalue weighted by atomic mass is 10.1. The fraction of sp³-hybridized carbons (Fsp3) is 0.500. The van der Waals surface area contributed by atoms with Crippen molar-refractivity contribution < 1.29 is 9.59 Å². The van der Waals surface area contributed by atoms with Crippen molar-refractivity contribution in [1.29, 1.82) is 0 Å². The molecule has 1 aliphatic heterocycles. The average molecular weight is 274 g/mol. The topological polar surface area (TPSA) is 49.4 Å². The molecule has 1 aromatic carbocycles. The summed E-state index contributed by atoms with van der Waals surface area (Å²) in [6.07, 6.45) is 1.06. The fourth-order valence-corrected chi connectivity index (χ4v) is 2.44. The van der Waals surface area contributed by atoms with Crippen molar-refractivity contribution in [2.24, 2.45) is 0 Å². The van der Waals surface area contributed by atoms with Gasteiger partial charge in [0, 0.05) is 18.5 Å². The summed E-state index contributed by atoms with van der Waals surface area (Å²) in [5.74, 6) is 0.00203. The van der Waals surface area contributed by atoms with Crippen LogP contribution in [0.3, 0.4) is 0 Å². The molecule has 0 aromatic heterocycles. The van der Waals surface area contributed by atoms with Crippen LogP contribution in [-0.4, -0.2) is 28.3 Å². The molecule has 4 nitrogen and oxygen atoms in total. The van der Waals surface area contributed by atoms with Crippen molar-refractivity contribution in [2.45, 2.75) is 51.7 Å². The number of rotatable bonds is 3. The van der Waals surface area contributed by atoms with Gasteiger partial charge in [-0.2, -0.15) is 0 Å². The van der Waals surface area contributed by atoms with Crippen molar-refractivity contribution >= 4 is 11.8 Å². The van der Waals surface area contributed by atoms with E-state index in [2.05, 4.69) is 5.32 Å². The van der Waals surface area contributed by atoms with Crippen LogP contribution in [0.15, 0.2) is 30.3 Å². The molecule has 4 heteroatoms. The summed E-state index contributed by atoms with van der Waals surface area (Å²) >= 11 is 0. The molecule has 1 saturated heterocycles. The predicted molar refractivity (Wildman–Crippen MR) is 77.9 cm³/mol. The normalized spacial score (nSPS) is 19.2. The Morgan fingerprint density at radius 1 is 1.30 bits per heavy atom. The van der Waals surface area contributed by atoms with Gasteiger partial charge in [-0.3, -0.25) is 9.59 Å². The third-order valence-electron chi connectivity index (χ3n) is 3.32. The second-order valence-corrected chi connectivity index (χ2v) is 6.30. The Labute approximate surface area is 120 Å². The summed E-state index contributed by atoms with van der Waals surface area (Å²) in [7, 11) is 0. The third-order valence-corrected chi connectivity index (χ3v) is 3.32. The molecule has 2 rings (SSSR count). The number of carbonyl (C=O) groups excluding carboxylic acids is 2. The van der Waals surface area contributed by atoms with Crippen molar-refractivity contribution in [3.8, 4) is 0 Å². The van der Waals surface area contributed by atoms with E-state index in [-0.39, 0.29) is 23.4 Å². The van der Waals surface area contributed by atoms with Crippen molar-refractivity contribution in [3.05, 3.63) is 35.9 Å². The van der Waals surface area contributed by atoms with Gasteiger partial charge in [0.25, 0.3) is 0 Å². The summed E-state index contributed by atoms with van der Waals surface area (Å²) < 4.78 is 0. The fourth-order valence-electron chi connectivity index (χ4n) is 2.44. The summed E-state index contributed by atoms with van der Waals surface area (Å²) in [6.45, 7) is 6.34. The van der Waals surface area contributed by atoms with Gasteiger partial charge in [0.2, 0.25) is 11.8 Å². The van der Waals surface area contributed by atoms with Crippen molar-refractivity contribution in [1.82, 2.24) is 10.2 Å². The lowest BCUT2D eigenvalue weighted by Crippen LogP contribution is -2.50. The molecule has 1 N–H and O–H groups in total. The standard InChI is InChI=1S/C16H22N2O2/c1-16(2,3)17-15(20)13-9-10-14(19)18(13)11-12-7-5-4-6-8-12/h4-8,13H,9-11H2,1-3H3,(H,17,20). The van der Waals surface area contributed by atoms with Gasteiger partial charge in [0.15, 0.2) is 0 Å². The Kier molecular flexibility index (Phi) is 4.12. The first kappa shape index (κ1) is 14.6. The highest BCUT2D eigenvalue weighted by molar-refractivity contribution is 5.91. The van der Waals surface area contributed by atoms with E-state index in [0.29, 0.717) is 19.4 Å². The molecular formula is C16H22N2O2. The summed E-state index contributed by atoms with van der Waals surface area (Å²) in [6, 6.07) is 9.44. The molecule has 2 amide bonds. The molecule has 1 unspecified atom stereocenters. The van der Waals surface area contributed by atoms with Crippen LogP contribution >= 0.6 is 0 Å². The van der Waals surface area contributed by atoms with Crippen molar-refractivity contribution in [3.63, 3.8) is 0 Å². The molecule has 1 aromatic rings. The van der Waals surface area contributed by atoms with Gasteiger partial charge in [0.1, 0.15) is 6.04 Å². The Morgan fingerprint density at radius 3 is 2.55 bits per heavy atom. The number of carbonyl (C=O) groups is 2. The lowest BCUT2D eigenvalue weighted by Gasteiger charge is -2.28. The van der Waals surface area contributed by atoms with Gasteiger partial charge >= 0.3 is 0 Å². The molecule has 1 heterocycles. The maximum atomic E-state index is 12.3. The van der Waals surface area contributed by atoms with Gasteiger partial charge in [-0.15, -0.1) is 0 Å². The number of hydrogen-bond donors (Lipinski definition) is 1. The molecule has 108 valence electrons. The maximum absolute atomic E-state index is 12.3. The van der Waals surface area contributed by atoms with Gasteiger partial charge < -0.3 is 10.2 Å². The van der Waals surface area contributed by atoms with E-state index in [1.54, 1.807) is 4.90 Å². The van der Waals surface area contributed by atoms with E-state index < -0.39 is 0 Å². The zero-order valence-corrected chi connectivity index (χ0v) is 12.3. The number of amides is 2. The molecule has 0 bridgehead atoms. The largest absolute Gasteiger partial charge is 0.350 e. The Balaban J connectivity index is 2.09.